The average Bonchev–Trinajstić information content (AvgIpc) is 3.22. The van der Waals surface area contributed by atoms with E-state index in [2.05, 4.69) is 15.5 Å². The molecule has 1 aliphatic rings. The van der Waals surface area contributed by atoms with Gasteiger partial charge in [-0.3, -0.25) is 4.79 Å². The van der Waals surface area contributed by atoms with Crippen molar-refractivity contribution in [1.29, 1.82) is 0 Å². The van der Waals surface area contributed by atoms with Crippen LogP contribution in [0.1, 0.15) is 43.0 Å². The van der Waals surface area contributed by atoms with E-state index in [1.807, 2.05) is 35.9 Å². The van der Waals surface area contributed by atoms with Crippen molar-refractivity contribution in [2.45, 2.75) is 43.3 Å². The molecule has 0 bridgehead atoms. The van der Waals surface area contributed by atoms with Crippen molar-refractivity contribution >= 4 is 29.3 Å². The first kappa shape index (κ1) is 17.3. The smallest absolute Gasteiger partial charge is 0.230 e. The summed E-state index contributed by atoms with van der Waals surface area (Å²) in [4.78, 5) is 12.0. The molecular weight excluding hydrogens is 344 g/mol. The van der Waals surface area contributed by atoms with Gasteiger partial charge in [0, 0.05) is 24.5 Å². The molecule has 24 heavy (non-hydrogen) atoms. The first-order chi connectivity index (χ1) is 11.6. The van der Waals surface area contributed by atoms with Gasteiger partial charge in [-0.1, -0.05) is 48.3 Å². The fraction of sp³-hybridized carbons (Fsp3) is 0.471. The number of halogens is 1. The largest absolute Gasteiger partial charge is 0.351 e. The Balaban J connectivity index is 1.48. The fourth-order valence-electron chi connectivity index (χ4n) is 2.98. The molecule has 2 aromatic rings. The lowest BCUT2D eigenvalue weighted by Crippen LogP contribution is -2.24. The van der Waals surface area contributed by atoms with Gasteiger partial charge in [0.25, 0.3) is 0 Å². The Labute approximate surface area is 151 Å². The Morgan fingerprint density at radius 1 is 1.29 bits per heavy atom. The minimum absolute atomic E-state index is 0.0135. The molecule has 0 radical (unpaired) electrons. The summed E-state index contributed by atoms with van der Waals surface area (Å²) in [6.45, 7) is 0.503. The Morgan fingerprint density at radius 3 is 2.71 bits per heavy atom. The lowest BCUT2D eigenvalue weighted by atomic mass is 10.1. The number of thioether (sulfide) groups is 1. The number of carbonyl (C=O) groups excluding carboxylic acids is 1. The maximum Gasteiger partial charge on any atom is 0.230 e. The zero-order valence-electron chi connectivity index (χ0n) is 13.7. The van der Waals surface area contributed by atoms with E-state index in [9.17, 15) is 4.79 Å². The van der Waals surface area contributed by atoms with Crippen LogP contribution >= 0.6 is 23.4 Å². The van der Waals surface area contributed by atoms with Gasteiger partial charge in [0.15, 0.2) is 5.16 Å². The normalized spacial score (nSPS) is 14.9. The van der Waals surface area contributed by atoms with E-state index in [4.69, 9.17) is 11.6 Å². The van der Waals surface area contributed by atoms with Crippen LogP contribution < -0.4 is 5.32 Å². The van der Waals surface area contributed by atoms with Crippen molar-refractivity contribution in [3.8, 4) is 0 Å². The number of carbonyl (C=O) groups is 1. The van der Waals surface area contributed by atoms with Crippen molar-refractivity contribution in [2.75, 3.05) is 5.75 Å². The van der Waals surface area contributed by atoms with Crippen LogP contribution in [0.2, 0.25) is 5.02 Å². The summed E-state index contributed by atoms with van der Waals surface area (Å²) >= 11 is 7.28. The van der Waals surface area contributed by atoms with Crippen molar-refractivity contribution in [3.05, 3.63) is 40.7 Å². The quantitative estimate of drug-likeness (QED) is 0.796. The average molecular weight is 365 g/mol. The molecule has 0 unspecified atom stereocenters. The predicted octanol–water partition coefficient (Wildman–Crippen LogP) is 3.53. The number of hydrogen-bond donors (Lipinski definition) is 1. The van der Waals surface area contributed by atoms with Crippen molar-refractivity contribution in [2.24, 2.45) is 7.05 Å². The molecular formula is C17H21ClN4OS. The minimum Gasteiger partial charge on any atom is -0.351 e. The molecule has 1 fully saturated rings. The molecule has 0 saturated heterocycles. The summed E-state index contributed by atoms with van der Waals surface area (Å²) in [5, 5.41) is 13.0. The van der Waals surface area contributed by atoms with Gasteiger partial charge in [0.1, 0.15) is 5.82 Å². The monoisotopic (exact) mass is 364 g/mol. The van der Waals surface area contributed by atoms with Gasteiger partial charge in [-0.15, -0.1) is 10.2 Å². The number of nitrogens with zero attached hydrogens (tertiary/aromatic N) is 3. The summed E-state index contributed by atoms with van der Waals surface area (Å²) in [6, 6.07) is 7.46. The molecule has 1 amide bonds. The summed E-state index contributed by atoms with van der Waals surface area (Å²) < 4.78 is 2.03. The first-order valence-corrected chi connectivity index (χ1v) is 9.53. The zero-order chi connectivity index (χ0) is 16.9. The molecule has 5 nitrogen and oxygen atoms in total. The van der Waals surface area contributed by atoms with E-state index in [1.54, 1.807) is 0 Å². The van der Waals surface area contributed by atoms with E-state index in [0.717, 1.165) is 16.5 Å². The molecule has 1 heterocycles. The Morgan fingerprint density at radius 2 is 2.00 bits per heavy atom. The highest BCUT2D eigenvalue weighted by molar-refractivity contribution is 7.99. The predicted molar refractivity (Wildman–Crippen MR) is 96.2 cm³/mol. The third-order valence-corrected chi connectivity index (χ3v) is 5.60. The van der Waals surface area contributed by atoms with Crippen LogP contribution in [-0.4, -0.2) is 26.4 Å². The third kappa shape index (κ3) is 4.30. The maximum atomic E-state index is 12.0. The molecule has 1 aliphatic carbocycles. The number of benzene rings is 1. The van der Waals surface area contributed by atoms with Crippen molar-refractivity contribution in [1.82, 2.24) is 20.1 Å². The number of aromatic nitrogens is 3. The Bertz CT molecular complexity index is 695. The van der Waals surface area contributed by atoms with Gasteiger partial charge >= 0.3 is 0 Å². The molecule has 1 N–H and O–H groups in total. The minimum atomic E-state index is -0.0135. The summed E-state index contributed by atoms with van der Waals surface area (Å²) in [7, 11) is 1.99. The maximum absolute atomic E-state index is 12.0. The van der Waals surface area contributed by atoms with Crippen LogP contribution in [0.15, 0.2) is 29.4 Å². The topological polar surface area (TPSA) is 59.8 Å². The Kier molecular flexibility index (Phi) is 5.79. The molecule has 0 aliphatic heterocycles. The van der Waals surface area contributed by atoms with Crippen LogP contribution in [0.3, 0.4) is 0 Å². The van der Waals surface area contributed by atoms with Gasteiger partial charge in [-0.05, 0) is 30.5 Å². The first-order valence-electron chi connectivity index (χ1n) is 8.16. The van der Waals surface area contributed by atoms with Gasteiger partial charge < -0.3 is 9.88 Å². The molecule has 1 aromatic carbocycles. The van der Waals surface area contributed by atoms with Crippen LogP contribution in [-0.2, 0) is 18.4 Å². The second kappa shape index (κ2) is 8.03. The van der Waals surface area contributed by atoms with Crippen molar-refractivity contribution in [3.63, 3.8) is 0 Å². The van der Waals surface area contributed by atoms with Gasteiger partial charge in [0.05, 0.1) is 5.75 Å². The fourth-order valence-corrected chi connectivity index (χ4v) is 3.85. The molecule has 7 heteroatoms. The lowest BCUT2D eigenvalue weighted by molar-refractivity contribution is -0.118. The van der Waals surface area contributed by atoms with Crippen LogP contribution in [0.5, 0.6) is 0 Å². The van der Waals surface area contributed by atoms with Crippen molar-refractivity contribution < 1.29 is 4.79 Å². The van der Waals surface area contributed by atoms with Gasteiger partial charge in [-0.25, -0.2) is 0 Å². The van der Waals surface area contributed by atoms with Crippen LogP contribution in [0, 0.1) is 0 Å². The molecule has 128 valence electrons. The molecule has 3 rings (SSSR count). The number of hydrogen-bond acceptors (Lipinski definition) is 4. The van der Waals surface area contributed by atoms with E-state index in [0.29, 0.717) is 23.2 Å². The second-order valence-electron chi connectivity index (χ2n) is 6.07. The third-order valence-electron chi connectivity index (χ3n) is 4.32. The lowest BCUT2D eigenvalue weighted by Gasteiger charge is -2.09. The molecule has 0 spiro atoms. The SMILES string of the molecule is Cn1c(SCC(=O)NCc2ccc(Cl)cc2)nnc1C1CCCC1. The molecule has 1 saturated carbocycles. The van der Waals surface area contributed by atoms with Gasteiger partial charge in [-0.2, -0.15) is 0 Å². The summed E-state index contributed by atoms with van der Waals surface area (Å²) in [5.74, 6) is 1.90. The number of amides is 1. The van der Waals surface area contributed by atoms with E-state index in [-0.39, 0.29) is 5.91 Å². The van der Waals surface area contributed by atoms with E-state index < -0.39 is 0 Å². The highest BCUT2D eigenvalue weighted by Gasteiger charge is 2.23. The highest BCUT2D eigenvalue weighted by Crippen LogP contribution is 2.33. The van der Waals surface area contributed by atoms with E-state index >= 15 is 0 Å². The summed E-state index contributed by atoms with van der Waals surface area (Å²) in [6.07, 6.45) is 4.93. The van der Waals surface area contributed by atoms with Crippen LogP contribution in [0.4, 0.5) is 0 Å². The highest BCUT2D eigenvalue weighted by atomic mass is 35.5. The number of rotatable bonds is 6. The van der Waals surface area contributed by atoms with E-state index in [1.165, 1.54) is 37.4 Å². The zero-order valence-corrected chi connectivity index (χ0v) is 15.2. The molecule has 0 atom stereocenters. The number of nitrogens with one attached hydrogen (secondary N) is 1. The Hall–Kier alpha value is -1.53. The van der Waals surface area contributed by atoms with Gasteiger partial charge in [0.2, 0.25) is 5.91 Å². The second-order valence-corrected chi connectivity index (χ2v) is 7.45. The molecule has 1 aromatic heterocycles. The standard InChI is InChI=1S/C17H21ClN4OS/c1-22-16(13-4-2-3-5-13)20-21-17(22)24-11-15(23)19-10-12-6-8-14(18)9-7-12/h6-9,13H,2-5,10-11H2,1H3,(H,19,23). The summed E-state index contributed by atoms with van der Waals surface area (Å²) in [5.41, 5.74) is 1.03. The van der Waals surface area contributed by atoms with Crippen LogP contribution in [0.25, 0.3) is 0 Å².